The number of halogens is 1. The molecule has 2 atom stereocenters. The molecular formula is C8H11BrN2OS. The maximum absolute atomic E-state index is 9.28. The van der Waals surface area contributed by atoms with Crippen molar-refractivity contribution in [1.82, 2.24) is 9.97 Å². The topological polar surface area (TPSA) is 46.0 Å². The third-order valence-corrected chi connectivity index (χ3v) is 3.26. The molecule has 1 heterocycles. The lowest BCUT2D eigenvalue weighted by molar-refractivity contribution is 0.196. The molecule has 1 N–H and O–H groups in total. The molecule has 0 saturated carbocycles. The van der Waals surface area contributed by atoms with Gasteiger partial charge in [0, 0.05) is 11.3 Å². The molecule has 2 unspecified atom stereocenters. The van der Waals surface area contributed by atoms with Crippen LogP contribution in [0, 0.1) is 0 Å². The normalized spacial score (nSPS) is 15.4. The summed E-state index contributed by atoms with van der Waals surface area (Å²) < 4.78 is 0.766. The molecule has 1 rings (SSSR count). The van der Waals surface area contributed by atoms with E-state index in [2.05, 4.69) is 25.9 Å². The number of rotatable bonds is 3. The lowest BCUT2D eigenvalue weighted by Gasteiger charge is -2.12. The van der Waals surface area contributed by atoms with Crippen LogP contribution in [0.4, 0.5) is 0 Å². The summed E-state index contributed by atoms with van der Waals surface area (Å²) >= 11 is 4.80. The molecule has 0 amide bonds. The highest BCUT2D eigenvalue weighted by molar-refractivity contribution is 9.10. The molecular weight excluding hydrogens is 252 g/mol. The number of aromatic nitrogens is 2. The van der Waals surface area contributed by atoms with Crippen LogP contribution in [0.5, 0.6) is 0 Å². The highest BCUT2D eigenvalue weighted by Gasteiger charge is 2.11. The summed E-state index contributed by atoms with van der Waals surface area (Å²) in [6.45, 7) is 3.74. The van der Waals surface area contributed by atoms with Gasteiger partial charge in [0.15, 0.2) is 0 Å². The first-order chi connectivity index (χ1) is 6.09. The second-order valence-electron chi connectivity index (χ2n) is 2.74. The van der Waals surface area contributed by atoms with E-state index in [0.717, 1.165) is 9.63 Å². The van der Waals surface area contributed by atoms with Gasteiger partial charge in [-0.25, -0.2) is 9.97 Å². The minimum atomic E-state index is -0.334. The van der Waals surface area contributed by atoms with Gasteiger partial charge in [0.1, 0.15) is 16.0 Å². The van der Waals surface area contributed by atoms with Gasteiger partial charge in [-0.2, -0.15) is 0 Å². The van der Waals surface area contributed by atoms with Gasteiger partial charge in [-0.15, -0.1) is 11.8 Å². The second kappa shape index (κ2) is 4.93. The van der Waals surface area contributed by atoms with E-state index in [1.165, 1.54) is 18.1 Å². The molecule has 0 fully saturated rings. The predicted molar refractivity (Wildman–Crippen MR) is 56.7 cm³/mol. The molecule has 13 heavy (non-hydrogen) atoms. The van der Waals surface area contributed by atoms with Crippen molar-refractivity contribution < 1.29 is 5.11 Å². The number of hydrogen-bond donors (Lipinski definition) is 1. The van der Waals surface area contributed by atoms with Crippen molar-refractivity contribution in [2.45, 2.75) is 30.2 Å². The first-order valence-corrected chi connectivity index (χ1v) is 5.59. The molecule has 0 aliphatic carbocycles. The highest BCUT2D eigenvalue weighted by Crippen LogP contribution is 2.24. The summed E-state index contributed by atoms with van der Waals surface area (Å²) in [5.74, 6) is 0. The Kier molecular flexibility index (Phi) is 4.15. The lowest BCUT2D eigenvalue weighted by Crippen LogP contribution is -2.15. The van der Waals surface area contributed by atoms with E-state index in [-0.39, 0.29) is 11.4 Å². The number of hydrogen-bond acceptors (Lipinski definition) is 4. The van der Waals surface area contributed by atoms with Crippen molar-refractivity contribution in [3.05, 3.63) is 17.0 Å². The number of aliphatic hydroxyl groups excluding tert-OH is 1. The average Bonchev–Trinajstić information content (AvgIpc) is 2.04. The van der Waals surface area contributed by atoms with Crippen LogP contribution in [0.1, 0.15) is 13.8 Å². The number of aliphatic hydroxyl groups is 1. The Labute approximate surface area is 90.1 Å². The van der Waals surface area contributed by atoms with Crippen LogP contribution in [0.25, 0.3) is 0 Å². The Bertz CT molecular complexity index is 283. The van der Waals surface area contributed by atoms with Crippen LogP contribution >= 0.6 is 27.7 Å². The van der Waals surface area contributed by atoms with Crippen molar-refractivity contribution in [1.29, 1.82) is 0 Å². The fourth-order valence-corrected chi connectivity index (χ4v) is 2.00. The molecule has 0 aliphatic heterocycles. The highest BCUT2D eigenvalue weighted by atomic mass is 79.9. The van der Waals surface area contributed by atoms with Gasteiger partial charge in [0.25, 0.3) is 0 Å². The van der Waals surface area contributed by atoms with Crippen molar-refractivity contribution in [2.75, 3.05) is 0 Å². The van der Waals surface area contributed by atoms with E-state index in [1.54, 1.807) is 6.92 Å². The van der Waals surface area contributed by atoms with E-state index in [4.69, 9.17) is 0 Å². The Balaban J connectivity index is 2.64. The minimum absolute atomic E-state index is 0.141. The third-order valence-electron chi connectivity index (χ3n) is 1.59. The van der Waals surface area contributed by atoms with Crippen LogP contribution in [-0.4, -0.2) is 26.4 Å². The Morgan fingerprint density at radius 3 is 2.69 bits per heavy atom. The Hall–Kier alpha value is -0.130. The van der Waals surface area contributed by atoms with E-state index < -0.39 is 0 Å². The maximum Gasteiger partial charge on any atom is 0.118 e. The molecule has 0 bridgehead atoms. The molecule has 72 valence electrons. The zero-order valence-electron chi connectivity index (χ0n) is 7.44. The van der Waals surface area contributed by atoms with Gasteiger partial charge >= 0.3 is 0 Å². The maximum atomic E-state index is 9.28. The molecule has 0 radical (unpaired) electrons. The van der Waals surface area contributed by atoms with Gasteiger partial charge < -0.3 is 5.11 Å². The smallest absolute Gasteiger partial charge is 0.118 e. The summed E-state index contributed by atoms with van der Waals surface area (Å²) in [4.78, 5) is 7.99. The molecule has 1 aromatic heterocycles. The molecule has 3 nitrogen and oxygen atoms in total. The van der Waals surface area contributed by atoms with E-state index in [0.29, 0.717) is 0 Å². The largest absolute Gasteiger partial charge is 0.392 e. The number of thioether (sulfide) groups is 1. The zero-order valence-corrected chi connectivity index (χ0v) is 9.84. The first kappa shape index (κ1) is 10.9. The molecule has 1 aromatic rings. The van der Waals surface area contributed by atoms with E-state index >= 15 is 0 Å². The van der Waals surface area contributed by atoms with Gasteiger partial charge in [-0.1, -0.05) is 6.92 Å². The summed E-state index contributed by atoms with van der Waals surface area (Å²) in [7, 11) is 0. The summed E-state index contributed by atoms with van der Waals surface area (Å²) in [5.41, 5.74) is 0. The zero-order chi connectivity index (χ0) is 9.84. The van der Waals surface area contributed by atoms with Crippen LogP contribution in [0.2, 0.25) is 0 Å². The van der Waals surface area contributed by atoms with Gasteiger partial charge in [-0.3, -0.25) is 0 Å². The summed E-state index contributed by atoms with van der Waals surface area (Å²) in [6.07, 6.45) is 1.17. The fraction of sp³-hybridized carbons (Fsp3) is 0.500. The van der Waals surface area contributed by atoms with Crippen molar-refractivity contribution in [3.63, 3.8) is 0 Å². The Morgan fingerprint density at radius 1 is 1.46 bits per heavy atom. The van der Waals surface area contributed by atoms with Crippen LogP contribution in [0.15, 0.2) is 22.0 Å². The van der Waals surface area contributed by atoms with Gasteiger partial charge in [-0.05, 0) is 22.9 Å². The van der Waals surface area contributed by atoms with E-state index in [9.17, 15) is 5.11 Å². The third kappa shape index (κ3) is 3.62. The summed E-state index contributed by atoms with van der Waals surface area (Å²) in [6, 6.07) is 1.84. The molecule has 0 saturated heterocycles. The van der Waals surface area contributed by atoms with Crippen molar-refractivity contribution in [2.24, 2.45) is 0 Å². The van der Waals surface area contributed by atoms with Gasteiger partial charge in [0.2, 0.25) is 0 Å². The molecule has 0 aromatic carbocycles. The van der Waals surface area contributed by atoms with Crippen molar-refractivity contribution in [3.8, 4) is 0 Å². The van der Waals surface area contributed by atoms with Gasteiger partial charge in [0.05, 0.1) is 6.10 Å². The predicted octanol–water partition coefficient (Wildman–Crippen LogP) is 2.10. The van der Waals surface area contributed by atoms with Crippen LogP contribution < -0.4 is 0 Å². The average molecular weight is 263 g/mol. The minimum Gasteiger partial charge on any atom is -0.392 e. The quantitative estimate of drug-likeness (QED) is 0.670. The lowest BCUT2D eigenvalue weighted by atomic mass is 10.3. The first-order valence-electron chi connectivity index (χ1n) is 3.92. The van der Waals surface area contributed by atoms with Crippen molar-refractivity contribution >= 4 is 27.7 Å². The SMILES string of the molecule is CC(O)C(C)Sc1cc(Br)ncn1. The number of nitrogens with zero attached hydrogens (tertiary/aromatic N) is 2. The van der Waals surface area contributed by atoms with E-state index in [1.807, 2.05) is 13.0 Å². The molecule has 0 spiro atoms. The fourth-order valence-electron chi connectivity index (χ4n) is 0.671. The summed E-state index contributed by atoms with van der Waals surface area (Å²) in [5, 5.41) is 10.3. The molecule has 0 aliphatic rings. The standard InChI is InChI=1S/C8H11BrN2OS/c1-5(12)6(2)13-8-3-7(9)10-4-11-8/h3-6,12H,1-2H3. The Morgan fingerprint density at radius 2 is 2.15 bits per heavy atom. The monoisotopic (exact) mass is 262 g/mol. The molecule has 5 heteroatoms. The van der Waals surface area contributed by atoms with Crippen LogP contribution in [0.3, 0.4) is 0 Å². The second-order valence-corrected chi connectivity index (χ2v) is 4.95. The van der Waals surface area contributed by atoms with Crippen LogP contribution in [-0.2, 0) is 0 Å².